The molecule has 0 unspecified atom stereocenters. The van der Waals surface area contributed by atoms with Gasteiger partial charge in [-0.15, -0.1) is 0 Å². The van der Waals surface area contributed by atoms with E-state index in [-0.39, 0.29) is 11.7 Å². The number of carbonyl (C=O) groups is 1. The predicted molar refractivity (Wildman–Crippen MR) is 109 cm³/mol. The number of nitrogens with zero attached hydrogens (tertiary/aromatic N) is 3. The Morgan fingerprint density at radius 3 is 2.33 bits per heavy atom. The molecule has 1 aliphatic rings. The molecule has 2 aromatic carbocycles. The fourth-order valence-corrected chi connectivity index (χ4v) is 3.73. The third-order valence-electron chi connectivity index (χ3n) is 5.29. The number of anilines is 2. The van der Waals surface area contributed by atoms with E-state index < -0.39 is 0 Å². The Balaban J connectivity index is 1.66. The van der Waals surface area contributed by atoms with Crippen molar-refractivity contribution in [3.8, 4) is 0 Å². The molecule has 4 nitrogen and oxygen atoms in total. The van der Waals surface area contributed by atoms with Crippen LogP contribution in [0.15, 0.2) is 42.5 Å². The van der Waals surface area contributed by atoms with Gasteiger partial charge in [0, 0.05) is 56.2 Å². The van der Waals surface area contributed by atoms with E-state index in [1.165, 1.54) is 29.1 Å². The van der Waals surface area contributed by atoms with E-state index in [4.69, 9.17) is 0 Å². The number of hydrogen-bond donors (Lipinski definition) is 0. The van der Waals surface area contributed by atoms with Crippen LogP contribution in [0.25, 0.3) is 0 Å². The van der Waals surface area contributed by atoms with Crippen molar-refractivity contribution in [1.82, 2.24) is 4.90 Å². The summed E-state index contributed by atoms with van der Waals surface area (Å²) in [7, 11) is 0. The molecule has 0 N–H and O–H groups in total. The van der Waals surface area contributed by atoms with Crippen molar-refractivity contribution in [2.45, 2.75) is 20.8 Å². The van der Waals surface area contributed by atoms with Crippen molar-refractivity contribution in [3.05, 3.63) is 59.4 Å². The lowest BCUT2D eigenvalue weighted by Crippen LogP contribution is -2.49. The second-order valence-electron chi connectivity index (χ2n) is 6.93. The van der Waals surface area contributed by atoms with Crippen LogP contribution in [0.1, 0.15) is 29.8 Å². The summed E-state index contributed by atoms with van der Waals surface area (Å²) >= 11 is 0. The van der Waals surface area contributed by atoms with Gasteiger partial charge in [0.05, 0.1) is 0 Å². The number of piperazine rings is 1. The van der Waals surface area contributed by atoms with Crippen LogP contribution in [0.2, 0.25) is 0 Å². The number of amides is 1. The van der Waals surface area contributed by atoms with E-state index in [9.17, 15) is 9.18 Å². The minimum Gasteiger partial charge on any atom is -0.372 e. The van der Waals surface area contributed by atoms with Gasteiger partial charge >= 0.3 is 0 Å². The van der Waals surface area contributed by atoms with Crippen LogP contribution in [-0.4, -0.2) is 50.1 Å². The number of benzene rings is 2. The molecule has 1 aliphatic heterocycles. The topological polar surface area (TPSA) is 26.8 Å². The molecule has 27 heavy (non-hydrogen) atoms. The molecule has 0 saturated carbocycles. The molecule has 2 aromatic rings. The molecule has 0 radical (unpaired) electrons. The van der Waals surface area contributed by atoms with Crippen molar-refractivity contribution in [3.63, 3.8) is 0 Å². The third-order valence-corrected chi connectivity index (χ3v) is 5.29. The van der Waals surface area contributed by atoms with Gasteiger partial charge in [-0.05, 0) is 62.7 Å². The van der Waals surface area contributed by atoms with Gasteiger partial charge < -0.3 is 14.7 Å². The second kappa shape index (κ2) is 8.42. The Kier molecular flexibility index (Phi) is 5.99. The van der Waals surface area contributed by atoms with Crippen molar-refractivity contribution < 1.29 is 9.18 Å². The van der Waals surface area contributed by atoms with Crippen molar-refractivity contribution in [1.29, 1.82) is 0 Å². The average molecular weight is 369 g/mol. The van der Waals surface area contributed by atoms with Gasteiger partial charge in [0.2, 0.25) is 0 Å². The Labute approximate surface area is 161 Å². The maximum atomic E-state index is 13.4. The number of hydrogen-bond acceptors (Lipinski definition) is 3. The van der Waals surface area contributed by atoms with Gasteiger partial charge in [-0.25, -0.2) is 4.39 Å². The highest BCUT2D eigenvalue weighted by molar-refractivity contribution is 5.94. The zero-order valence-corrected chi connectivity index (χ0v) is 16.4. The first-order chi connectivity index (χ1) is 13.0. The summed E-state index contributed by atoms with van der Waals surface area (Å²) in [5.74, 6) is -0.467. The lowest BCUT2D eigenvalue weighted by atomic mass is 10.1. The summed E-state index contributed by atoms with van der Waals surface area (Å²) in [6, 6.07) is 12.5. The molecule has 1 fully saturated rings. The highest BCUT2D eigenvalue weighted by atomic mass is 19.1. The standard InChI is InChI=1S/C22H28FN3O/c1-4-24(5-2)20-9-10-21(17(3)15-20)25-11-13-26(14-12-25)22(27)18-7-6-8-19(23)16-18/h6-10,15-16H,4-5,11-14H2,1-3H3. The second-order valence-corrected chi connectivity index (χ2v) is 6.93. The molecule has 144 valence electrons. The van der Waals surface area contributed by atoms with Crippen LogP contribution in [-0.2, 0) is 0 Å². The van der Waals surface area contributed by atoms with Crippen LogP contribution in [0.5, 0.6) is 0 Å². The fraction of sp³-hybridized carbons (Fsp3) is 0.409. The van der Waals surface area contributed by atoms with Gasteiger partial charge in [0.25, 0.3) is 5.91 Å². The third kappa shape index (κ3) is 4.24. The molecule has 1 amide bonds. The average Bonchev–Trinajstić information content (AvgIpc) is 2.69. The van der Waals surface area contributed by atoms with Gasteiger partial charge in [-0.1, -0.05) is 6.07 Å². The van der Waals surface area contributed by atoms with Crippen LogP contribution in [0, 0.1) is 12.7 Å². The van der Waals surface area contributed by atoms with Gasteiger partial charge in [-0.3, -0.25) is 4.79 Å². The minimum atomic E-state index is -0.372. The first kappa shape index (κ1) is 19.2. The van der Waals surface area contributed by atoms with E-state index in [1.807, 2.05) is 4.90 Å². The largest absolute Gasteiger partial charge is 0.372 e. The van der Waals surface area contributed by atoms with Gasteiger partial charge in [-0.2, -0.15) is 0 Å². The maximum absolute atomic E-state index is 13.4. The van der Waals surface area contributed by atoms with Crippen molar-refractivity contribution >= 4 is 17.3 Å². The first-order valence-corrected chi connectivity index (χ1v) is 9.68. The normalized spacial score (nSPS) is 14.4. The molecule has 1 saturated heterocycles. The molecule has 0 bridgehead atoms. The quantitative estimate of drug-likeness (QED) is 0.799. The highest BCUT2D eigenvalue weighted by Gasteiger charge is 2.23. The zero-order valence-electron chi connectivity index (χ0n) is 16.4. The monoisotopic (exact) mass is 369 g/mol. The number of carbonyl (C=O) groups excluding carboxylic acids is 1. The molecular formula is C22H28FN3O. The van der Waals surface area contributed by atoms with Crippen LogP contribution < -0.4 is 9.80 Å². The lowest BCUT2D eigenvalue weighted by molar-refractivity contribution is 0.0746. The molecular weight excluding hydrogens is 341 g/mol. The molecule has 0 spiro atoms. The van der Waals surface area contributed by atoms with E-state index >= 15 is 0 Å². The molecule has 3 rings (SSSR count). The molecule has 5 heteroatoms. The molecule has 1 heterocycles. The van der Waals surface area contributed by atoms with Crippen molar-refractivity contribution in [2.75, 3.05) is 49.1 Å². The maximum Gasteiger partial charge on any atom is 0.254 e. The summed E-state index contributed by atoms with van der Waals surface area (Å²) in [6.45, 7) is 11.3. The SMILES string of the molecule is CCN(CC)c1ccc(N2CCN(C(=O)c3cccc(F)c3)CC2)c(C)c1. The Morgan fingerprint density at radius 2 is 1.74 bits per heavy atom. The molecule has 0 atom stereocenters. The predicted octanol–water partition coefficient (Wildman–Crippen LogP) is 3.94. The summed E-state index contributed by atoms with van der Waals surface area (Å²) in [4.78, 5) is 19.1. The van der Waals surface area contributed by atoms with Gasteiger partial charge in [0.1, 0.15) is 5.82 Å². The minimum absolute atomic E-state index is 0.0947. The smallest absolute Gasteiger partial charge is 0.254 e. The van der Waals surface area contributed by atoms with E-state index in [0.717, 1.165) is 26.2 Å². The number of halogens is 1. The van der Waals surface area contributed by atoms with Crippen molar-refractivity contribution in [2.24, 2.45) is 0 Å². The van der Waals surface area contributed by atoms with Crippen LogP contribution in [0.3, 0.4) is 0 Å². The summed E-state index contributed by atoms with van der Waals surface area (Å²) < 4.78 is 13.4. The Morgan fingerprint density at radius 1 is 1.04 bits per heavy atom. The molecule has 0 aliphatic carbocycles. The van der Waals surface area contributed by atoms with E-state index in [0.29, 0.717) is 18.7 Å². The van der Waals surface area contributed by atoms with E-state index in [1.54, 1.807) is 12.1 Å². The zero-order chi connectivity index (χ0) is 19.4. The first-order valence-electron chi connectivity index (χ1n) is 9.68. The van der Waals surface area contributed by atoms with E-state index in [2.05, 4.69) is 48.8 Å². The highest BCUT2D eigenvalue weighted by Crippen LogP contribution is 2.27. The lowest BCUT2D eigenvalue weighted by Gasteiger charge is -2.37. The Hall–Kier alpha value is -2.56. The Bertz CT molecular complexity index is 796. The van der Waals surface area contributed by atoms with Crippen LogP contribution >= 0.6 is 0 Å². The fourth-order valence-electron chi connectivity index (χ4n) is 3.73. The van der Waals surface area contributed by atoms with Crippen LogP contribution in [0.4, 0.5) is 15.8 Å². The summed E-state index contributed by atoms with van der Waals surface area (Å²) in [5.41, 5.74) is 4.15. The number of rotatable bonds is 5. The summed E-state index contributed by atoms with van der Waals surface area (Å²) in [6.07, 6.45) is 0. The van der Waals surface area contributed by atoms with Gasteiger partial charge in [0.15, 0.2) is 0 Å². The molecule has 0 aromatic heterocycles. The summed E-state index contributed by atoms with van der Waals surface area (Å²) in [5, 5.41) is 0. The number of aryl methyl sites for hydroxylation is 1.